The zero-order valence-corrected chi connectivity index (χ0v) is 11.9. The van der Waals surface area contributed by atoms with Crippen LogP contribution in [0, 0.1) is 11.3 Å². The second-order valence-electron chi connectivity index (χ2n) is 4.32. The van der Waals surface area contributed by atoms with Gasteiger partial charge in [0.25, 0.3) is 0 Å². The summed E-state index contributed by atoms with van der Waals surface area (Å²) in [6.07, 6.45) is 0. The number of nitrogens with one attached hydrogen (secondary N) is 1. The summed E-state index contributed by atoms with van der Waals surface area (Å²) < 4.78 is 0. The summed E-state index contributed by atoms with van der Waals surface area (Å²) >= 11 is 7.11. The molecule has 0 unspecified atom stereocenters. The van der Waals surface area contributed by atoms with Crippen LogP contribution in [-0.2, 0) is 0 Å². The third-order valence-corrected chi connectivity index (χ3v) is 4.29. The van der Waals surface area contributed by atoms with Crippen LogP contribution >= 0.6 is 22.9 Å². The lowest BCUT2D eigenvalue weighted by Gasteiger charge is -2.32. The molecule has 7 heteroatoms. The number of aromatic nitrogens is 1. The Balaban J connectivity index is 1.73. The van der Waals surface area contributed by atoms with Gasteiger partial charge in [0.1, 0.15) is 10.9 Å². The van der Waals surface area contributed by atoms with Gasteiger partial charge in [-0.05, 0) is 7.05 Å². The lowest BCUT2D eigenvalue weighted by molar-refractivity contribution is 0.158. The first-order valence-corrected chi connectivity index (χ1v) is 7.09. The van der Waals surface area contributed by atoms with Gasteiger partial charge in [-0.2, -0.15) is 5.26 Å². The molecule has 1 aromatic heterocycles. The van der Waals surface area contributed by atoms with E-state index in [9.17, 15) is 0 Å². The van der Waals surface area contributed by atoms with Gasteiger partial charge in [0.05, 0.1) is 0 Å². The van der Waals surface area contributed by atoms with Crippen LogP contribution < -0.4 is 5.32 Å². The summed E-state index contributed by atoms with van der Waals surface area (Å²) in [5.41, 5.74) is 0. The van der Waals surface area contributed by atoms with Crippen molar-refractivity contribution in [2.24, 2.45) is 0 Å². The monoisotopic (exact) mass is 285 g/mol. The highest BCUT2D eigenvalue weighted by atomic mass is 35.5. The van der Waals surface area contributed by atoms with E-state index in [1.807, 2.05) is 6.07 Å². The Labute approximate surface area is 116 Å². The van der Waals surface area contributed by atoms with E-state index in [4.69, 9.17) is 16.9 Å². The number of nitrogens with zero attached hydrogens (tertiary/aromatic N) is 4. The van der Waals surface area contributed by atoms with Crippen molar-refractivity contribution in [1.82, 2.24) is 14.8 Å². The minimum atomic E-state index is 0.296. The molecule has 0 aromatic carbocycles. The summed E-state index contributed by atoms with van der Waals surface area (Å²) in [7, 11) is 2.15. The molecule has 1 saturated heterocycles. The average Bonchev–Trinajstić information content (AvgIpc) is 2.72. The van der Waals surface area contributed by atoms with Crippen LogP contribution in [0.3, 0.4) is 0 Å². The maximum atomic E-state index is 8.78. The molecule has 5 nitrogen and oxygen atoms in total. The molecule has 1 aliphatic heterocycles. The van der Waals surface area contributed by atoms with Gasteiger partial charge < -0.3 is 10.2 Å². The number of likely N-dealkylation sites (N-methyl/N-ethyl adjacent to an activating group) is 1. The Morgan fingerprint density at radius 1 is 1.44 bits per heavy atom. The molecule has 0 amide bonds. The highest BCUT2D eigenvalue weighted by Gasteiger charge is 2.13. The Bertz CT molecular complexity index is 433. The van der Waals surface area contributed by atoms with Crippen LogP contribution in [0.15, 0.2) is 0 Å². The molecule has 1 N–H and O–H groups in total. The molecule has 0 bridgehead atoms. The second-order valence-corrected chi connectivity index (χ2v) is 5.68. The zero-order chi connectivity index (χ0) is 13.0. The second kappa shape index (κ2) is 6.34. The fraction of sp³-hybridized carbons (Fsp3) is 0.636. The van der Waals surface area contributed by atoms with Gasteiger partial charge in [-0.25, -0.2) is 4.98 Å². The van der Waals surface area contributed by atoms with Crippen molar-refractivity contribution in [2.75, 3.05) is 51.6 Å². The van der Waals surface area contributed by atoms with Gasteiger partial charge in [-0.15, -0.1) is 0 Å². The van der Waals surface area contributed by atoms with Crippen molar-refractivity contribution in [3.63, 3.8) is 0 Å². The van der Waals surface area contributed by atoms with Crippen molar-refractivity contribution in [3.05, 3.63) is 10.0 Å². The quantitative estimate of drug-likeness (QED) is 0.904. The first kappa shape index (κ1) is 13.6. The topological polar surface area (TPSA) is 55.2 Å². The molecule has 0 radical (unpaired) electrons. The van der Waals surface area contributed by atoms with Crippen molar-refractivity contribution in [3.8, 4) is 6.07 Å². The van der Waals surface area contributed by atoms with Crippen molar-refractivity contribution in [2.45, 2.75) is 0 Å². The fourth-order valence-electron chi connectivity index (χ4n) is 1.84. The van der Waals surface area contributed by atoms with Gasteiger partial charge >= 0.3 is 0 Å². The van der Waals surface area contributed by atoms with Crippen molar-refractivity contribution < 1.29 is 0 Å². The van der Waals surface area contributed by atoms with E-state index < -0.39 is 0 Å². The predicted octanol–water partition coefficient (Wildman–Crippen LogP) is 1.33. The number of hydrogen-bond acceptors (Lipinski definition) is 6. The Morgan fingerprint density at radius 2 is 2.17 bits per heavy atom. The van der Waals surface area contributed by atoms with Crippen LogP contribution in [0.5, 0.6) is 0 Å². The van der Waals surface area contributed by atoms with Crippen LogP contribution in [0.4, 0.5) is 5.13 Å². The molecule has 0 saturated carbocycles. The fourth-order valence-corrected chi connectivity index (χ4v) is 2.81. The number of nitriles is 1. The van der Waals surface area contributed by atoms with Crippen LogP contribution in [-0.4, -0.2) is 61.1 Å². The first-order chi connectivity index (χ1) is 8.69. The van der Waals surface area contributed by atoms with E-state index in [-0.39, 0.29) is 0 Å². The molecule has 1 aromatic rings. The largest absolute Gasteiger partial charge is 0.360 e. The van der Waals surface area contributed by atoms with Gasteiger partial charge in [0.2, 0.25) is 0 Å². The summed E-state index contributed by atoms with van der Waals surface area (Å²) in [5.74, 6) is 0. The summed E-state index contributed by atoms with van der Waals surface area (Å²) in [6.45, 7) is 6.30. The van der Waals surface area contributed by atoms with Crippen molar-refractivity contribution >= 4 is 28.1 Å². The normalized spacial score (nSPS) is 17.6. The highest BCUT2D eigenvalue weighted by molar-refractivity contribution is 7.16. The third kappa shape index (κ3) is 3.56. The van der Waals surface area contributed by atoms with E-state index in [1.54, 1.807) is 0 Å². The van der Waals surface area contributed by atoms with E-state index in [0.29, 0.717) is 10.0 Å². The molecule has 0 aliphatic carbocycles. The Hall–Kier alpha value is -0.870. The molecular weight excluding hydrogens is 270 g/mol. The number of rotatable bonds is 4. The van der Waals surface area contributed by atoms with E-state index in [0.717, 1.165) is 44.4 Å². The predicted molar refractivity (Wildman–Crippen MR) is 74.3 cm³/mol. The molecule has 18 heavy (non-hydrogen) atoms. The number of anilines is 1. The lowest BCUT2D eigenvalue weighted by atomic mass is 10.3. The highest BCUT2D eigenvalue weighted by Crippen LogP contribution is 2.25. The van der Waals surface area contributed by atoms with Gasteiger partial charge in [-0.3, -0.25) is 4.90 Å². The summed E-state index contributed by atoms with van der Waals surface area (Å²) in [4.78, 5) is 9.33. The number of thiazole rings is 1. The van der Waals surface area contributed by atoms with Gasteiger partial charge in [-0.1, -0.05) is 22.9 Å². The van der Waals surface area contributed by atoms with Crippen LogP contribution in [0.2, 0.25) is 5.15 Å². The van der Waals surface area contributed by atoms with Crippen LogP contribution in [0.1, 0.15) is 4.88 Å². The molecule has 2 heterocycles. The standard InChI is InChI=1S/C11H16ClN5S/c1-16-4-6-17(7-5-16)3-2-14-11-15-10(12)9(8-13)18-11/h2-7H2,1H3,(H,14,15). The van der Waals surface area contributed by atoms with E-state index in [1.165, 1.54) is 11.3 Å². The van der Waals surface area contributed by atoms with Crippen LogP contribution in [0.25, 0.3) is 0 Å². The smallest absolute Gasteiger partial charge is 0.185 e. The molecule has 98 valence electrons. The lowest BCUT2D eigenvalue weighted by Crippen LogP contribution is -2.45. The number of halogens is 1. The van der Waals surface area contributed by atoms with Gasteiger partial charge in [0.15, 0.2) is 10.3 Å². The molecule has 1 fully saturated rings. The molecule has 1 aliphatic rings. The number of hydrogen-bond donors (Lipinski definition) is 1. The summed E-state index contributed by atoms with van der Waals surface area (Å²) in [6, 6.07) is 2.03. The average molecular weight is 286 g/mol. The van der Waals surface area contributed by atoms with Crippen molar-refractivity contribution in [1.29, 1.82) is 5.26 Å². The Kier molecular flexibility index (Phi) is 4.78. The van der Waals surface area contributed by atoms with E-state index in [2.05, 4.69) is 27.1 Å². The van der Waals surface area contributed by atoms with Gasteiger partial charge in [0, 0.05) is 39.3 Å². The maximum absolute atomic E-state index is 8.78. The third-order valence-electron chi connectivity index (χ3n) is 2.99. The SMILES string of the molecule is CN1CCN(CCNc2nc(Cl)c(C#N)s2)CC1. The Morgan fingerprint density at radius 3 is 2.78 bits per heavy atom. The number of piperazine rings is 1. The molecular formula is C11H16ClN5S. The minimum Gasteiger partial charge on any atom is -0.360 e. The first-order valence-electron chi connectivity index (χ1n) is 5.90. The maximum Gasteiger partial charge on any atom is 0.185 e. The summed E-state index contributed by atoms with van der Waals surface area (Å²) in [5, 5.41) is 13.0. The van der Waals surface area contributed by atoms with E-state index >= 15 is 0 Å². The zero-order valence-electron chi connectivity index (χ0n) is 10.3. The molecule has 0 spiro atoms. The molecule has 0 atom stereocenters. The minimum absolute atomic E-state index is 0.296. The molecule has 2 rings (SSSR count).